The van der Waals surface area contributed by atoms with Gasteiger partial charge in [-0.2, -0.15) is 0 Å². The second-order valence-electron chi connectivity index (χ2n) is 4.69. The Morgan fingerprint density at radius 2 is 1.71 bits per heavy atom. The molecule has 0 amide bonds. The third-order valence-electron chi connectivity index (χ3n) is 3.07. The number of hydrogen-bond acceptors (Lipinski definition) is 5. The number of carbonyl (C=O) groups excluding carboxylic acids is 1. The van der Waals surface area contributed by atoms with Gasteiger partial charge in [0.25, 0.3) is 5.69 Å². The predicted octanol–water partition coefficient (Wildman–Crippen LogP) is 3.49. The molecule has 0 radical (unpaired) electrons. The molecule has 0 aliphatic heterocycles. The molecule has 0 spiro atoms. The van der Waals surface area contributed by atoms with Crippen molar-refractivity contribution in [1.29, 1.82) is 0 Å². The minimum absolute atomic E-state index is 0.0629. The lowest BCUT2D eigenvalue weighted by molar-refractivity contribution is -0.384. The molecule has 1 aromatic carbocycles. The Labute approximate surface area is 124 Å². The number of methoxy groups -OCH3 is 1. The lowest BCUT2D eigenvalue weighted by Crippen LogP contribution is -2.00. The van der Waals surface area contributed by atoms with Gasteiger partial charge >= 0.3 is 5.97 Å². The largest absolute Gasteiger partial charge is 0.494 e. The zero-order valence-electron chi connectivity index (χ0n) is 12.2. The summed E-state index contributed by atoms with van der Waals surface area (Å²) in [6, 6.07) is 6.08. The zero-order chi connectivity index (χ0) is 15.5. The van der Waals surface area contributed by atoms with Crippen LogP contribution in [0, 0.1) is 10.1 Å². The van der Waals surface area contributed by atoms with Gasteiger partial charge in [-0.15, -0.1) is 0 Å². The van der Waals surface area contributed by atoms with E-state index in [1.54, 1.807) is 12.1 Å². The molecule has 0 N–H and O–H groups in total. The lowest BCUT2D eigenvalue weighted by atomic mass is 10.1. The molecule has 0 unspecified atom stereocenters. The van der Waals surface area contributed by atoms with Crippen molar-refractivity contribution in [3.63, 3.8) is 0 Å². The highest BCUT2D eigenvalue weighted by atomic mass is 16.6. The van der Waals surface area contributed by atoms with E-state index >= 15 is 0 Å². The fourth-order valence-corrected chi connectivity index (χ4v) is 1.86. The average Bonchev–Trinajstić information content (AvgIpc) is 2.50. The molecule has 0 saturated carbocycles. The molecule has 6 heteroatoms. The molecule has 0 bridgehead atoms. The lowest BCUT2D eigenvalue weighted by Gasteiger charge is -2.05. The summed E-state index contributed by atoms with van der Waals surface area (Å²) in [7, 11) is 1.40. The molecule has 0 fully saturated rings. The highest BCUT2D eigenvalue weighted by Gasteiger charge is 2.04. The Kier molecular flexibility index (Phi) is 7.86. The molecule has 0 aliphatic carbocycles. The number of nitro groups is 1. The molecule has 6 nitrogen and oxygen atoms in total. The van der Waals surface area contributed by atoms with E-state index in [9.17, 15) is 14.9 Å². The number of unbranched alkanes of at least 4 members (excludes halogenated alkanes) is 4. The number of esters is 1. The predicted molar refractivity (Wildman–Crippen MR) is 78.3 cm³/mol. The Hall–Kier alpha value is -2.11. The van der Waals surface area contributed by atoms with Gasteiger partial charge in [0, 0.05) is 18.6 Å². The molecule has 0 heterocycles. The summed E-state index contributed by atoms with van der Waals surface area (Å²) in [6.07, 6.45) is 5.36. The van der Waals surface area contributed by atoms with Gasteiger partial charge in [-0.1, -0.05) is 19.3 Å². The first-order chi connectivity index (χ1) is 10.1. The van der Waals surface area contributed by atoms with Gasteiger partial charge in [0.15, 0.2) is 0 Å². The van der Waals surface area contributed by atoms with Crippen molar-refractivity contribution in [2.24, 2.45) is 0 Å². The van der Waals surface area contributed by atoms with Crippen molar-refractivity contribution in [3.8, 4) is 5.75 Å². The summed E-state index contributed by atoms with van der Waals surface area (Å²) in [6.45, 7) is 0.592. The summed E-state index contributed by atoms with van der Waals surface area (Å²) in [5, 5.41) is 10.5. The van der Waals surface area contributed by atoms with E-state index < -0.39 is 4.92 Å². The number of rotatable bonds is 10. The van der Waals surface area contributed by atoms with Crippen LogP contribution in [0.2, 0.25) is 0 Å². The summed E-state index contributed by atoms with van der Waals surface area (Å²) < 4.78 is 10.1. The molecule has 116 valence electrons. The van der Waals surface area contributed by atoms with Crippen LogP contribution in [0.4, 0.5) is 5.69 Å². The molecule has 0 saturated heterocycles. The van der Waals surface area contributed by atoms with Crippen LogP contribution in [0.5, 0.6) is 5.75 Å². The van der Waals surface area contributed by atoms with Crippen LogP contribution in [0.25, 0.3) is 0 Å². The first-order valence-electron chi connectivity index (χ1n) is 7.07. The van der Waals surface area contributed by atoms with Crippen molar-refractivity contribution in [2.45, 2.75) is 38.5 Å². The maximum atomic E-state index is 10.9. The van der Waals surface area contributed by atoms with Crippen molar-refractivity contribution in [1.82, 2.24) is 0 Å². The molecule has 0 aliphatic rings. The Morgan fingerprint density at radius 3 is 2.33 bits per heavy atom. The molecular formula is C15H21NO5. The van der Waals surface area contributed by atoms with Crippen LogP contribution in [0.15, 0.2) is 24.3 Å². The quantitative estimate of drug-likeness (QED) is 0.286. The third-order valence-corrected chi connectivity index (χ3v) is 3.07. The van der Waals surface area contributed by atoms with Gasteiger partial charge in [-0.25, -0.2) is 0 Å². The van der Waals surface area contributed by atoms with Gasteiger partial charge in [0.05, 0.1) is 18.6 Å². The molecule has 0 atom stereocenters. The summed E-state index contributed by atoms with van der Waals surface area (Å²) in [5.74, 6) is 0.489. The number of carbonyl (C=O) groups is 1. The monoisotopic (exact) mass is 295 g/mol. The number of benzene rings is 1. The number of hydrogen-bond donors (Lipinski definition) is 0. The summed E-state index contributed by atoms with van der Waals surface area (Å²) in [4.78, 5) is 20.9. The molecule has 1 rings (SSSR count). The maximum Gasteiger partial charge on any atom is 0.305 e. The van der Waals surface area contributed by atoms with E-state index in [1.807, 2.05) is 0 Å². The highest BCUT2D eigenvalue weighted by molar-refractivity contribution is 5.68. The first kappa shape index (κ1) is 16.9. The van der Waals surface area contributed by atoms with Gasteiger partial charge in [-0.05, 0) is 25.0 Å². The second-order valence-corrected chi connectivity index (χ2v) is 4.69. The van der Waals surface area contributed by atoms with Crippen molar-refractivity contribution in [2.75, 3.05) is 13.7 Å². The van der Waals surface area contributed by atoms with E-state index in [0.29, 0.717) is 18.8 Å². The van der Waals surface area contributed by atoms with Gasteiger partial charge in [0.2, 0.25) is 0 Å². The van der Waals surface area contributed by atoms with Crippen LogP contribution in [-0.4, -0.2) is 24.6 Å². The van der Waals surface area contributed by atoms with Gasteiger partial charge < -0.3 is 9.47 Å². The van der Waals surface area contributed by atoms with Crippen molar-refractivity contribution >= 4 is 11.7 Å². The van der Waals surface area contributed by atoms with E-state index in [4.69, 9.17) is 4.74 Å². The molecular weight excluding hydrogens is 274 g/mol. The summed E-state index contributed by atoms with van der Waals surface area (Å²) in [5.41, 5.74) is 0.0629. The fraction of sp³-hybridized carbons (Fsp3) is 0.533. The van der Waals surface area contributed by atoms with E-state index in [-0.39, 0.29) is 11.7 Å². The maximum absolute atomic E-state index is 10.9. The van der Waals surface area contributed by atoms with Crippen molar-refractivity contribution in [3.05, 3.63) is 34.4 Å². The normalized spacial score (nSPS) is 10.1. The highest BCUT2D eigenvalue weighted by Crippen LogP contribution is 2.17. The fourth-order valence-electron chi connectivity index (χ4n) is 1.86. The van der Waals surface area contributed by atoms with E-state index in [1.165, 1.54) is 19.2 Å². The van der Waals surface area contributed by atoms with Crippen LogP contribution < -0.4 is 4.74 Å². The Balaban J connectivity index is 2.04. The van der Waals surface area contributed by atoms with Crippen LogP contribution >= 0.6 is 0 Å². The number of ether oxygens (including phenoxy) is 2. The van der Waals surface area contributed by atoms with E-state index in [0.717, 1.165) is 32.1 Å². The molecule has 0 aromatic heterocycles. The Morgan fingerprint density at radius 1 is 1.10 bits per heavy atom. The Bertz CT molecular complexity index is 444. The standard InChI is InChI=1S/C15H21NO5/c1-20-15(17)7-5-3-2-4-6-12-21-14-10-8-13(9-11-14)16(18)19/h8-11H,2-7,12H2,1H3. The first-order valence-corrected chi connectivity index (χ1v) is 7.07. The number of non-ortho nitro benzene ring substituents is 1. The average molecular weight is 295 g/mol. The van der Waals surface area contributed by atoms with E-state index in [2.05, 4.69) is 4.74 Å². The minimum Gasteiger partial charge on any atom is -0.494 e. The van der Waals surface area contributed by atoms with Crippen LogP contribution in [0.3, 0.4) is 0 Å². The molecule has 1 aromatic rings. The number of nitrogens with zero attached hydrogens (tertiary/aromatic N) is 1. The SMILES string of the molecule is COC(=O)CCCCCCCOc1ccc([N+](=O)[O-])cc1. The zero-order valence-corrected chi connectivity index (χ0v) is 12.2. The molecule has 21 heavy (non-hydrogen) atoms. The number of nitro benzene ring substituents is 1. The van der Waals surface area contributed by atoms with Crippen LogP contribution in [0.1, 0.15) is 38.5 Å². The third kappa shape index (κ3) is 7.29. The summed E-state index contributed by atoms with van der Waals surface area (Å²) >= 11 is 0. The second kappa shape index (κ2) is 9.74. The topological polar surface area (TPSA) is 78.7 Å². The van der Waals surface area contributed by atoms with Gasteiger partial charge in [-0.3, -0.25) is 14.9 Å². The van der Waals surface area contributed by atoms with Crippen LogP contribution in [-0.2, 0) is 9.53 Å². The van der Waals surface area contributed by atoms with Crippen molar-refractivity contribution < 1.29 is 19.2 Å². The smallest absolute Gasteiger partial charge is 0.305 e. The van der Waals surface area contributed by atoms with Gasteiger partial charge in [0.1, 0.15) is 5.75 Å². The minimum atomic E-state index is -0.432.